The lowest BCUT2D eigenvalue weighted by molar-refractivity contribution is -0.119. The van der Waals surface area contributed by atoms with Gasteiger partial charge in [0.05, 0.1) is 17.2 Å². The predicted octanol–water partition coefficient (Wildman–Crippen LogP) is 4.41. The van der Waals surface area contributed by atoms with Crippen LogP contribution < -0.4 is 10.6 Å². The SMILES string of the molecule is CN=C(NCc1cccc(NC(=O)C2CCCC2)c1)N(C)Cc1csc(C)n1.I. The summed E-state index contributed by atoms with van der Waals surface area (Å²) in [5.74, 6) is 1.13. The highest BCUT2D eigenvalue weighted by atomic mass is 127. The molecule has 0 bridgehead atoms. The number of hydrogen-bond donors (Lipinski definition) is 2. The molecule has 1 amide bonds. The van der Waals surface area contributed by atoms with Gasteiger partial charge in [0.15, 0.2) is 5.96 Å². The summed E-state index contributed by atoms with van der Waals surface area (Å²) >= 11 is 1.66. The largest absolute Gasteiger partial charge is 0.352 e. The highest BCUT2D eigenvalue weighted by molar-refractivity contribution is 14.0. The third-order valence-electron chi connectivity index (χ3n) is 5.01. The molecule has 0 saturated heterocycles. The number of aliphatic imine (C=N–C) groups is 1. The van der Waals surface area contributed by atoms with E-state index in [0.717, 1.165) is 53.6 Å². The number of benzene rings is 1. The quantitative estimate of drug-likeness (QED) is 0.332. The van der Waals surface area contributed by atoms with Gasteiger partial charge in [0.25, 0.3) is 0 Å². The number of rotatable bonds is 6. The standard InChI is InChI=1S/C21H29N5OS.HI/c1-15-24-19(14-28-15)13-26(3)21(22-2)23-12-16-7-6-10-18(11-16)25-20(27)17-8-4-5-9-17;/h6-7,10-11,14,17H,4-5,8-9,12-13H2,1-3H3,(H,22,23)(H,25,27);1H. The number of carbonyl (C=O) groups is 1. The molecule has 6 nitrogen and oxygen atoms in total. The van der Waals surface area contributed by atoms with Crippen LogP contribution in [0.25, 0.3) is 0 Å². The molecule has 0 aliphatic heterocycles. The second-order valence-corrected chi connectivity index (χ2v) is 8.35. The summed E-state index contributed by atoms with van der Waals surface area (Å²) in [6.07, 6.45) is 4.34. The monoisotopic (exact) mass is 527 g/mol. The fourth-order valence-corrected chi connectivity index (χ4v) is 4.16. The van der Waals surface area contributed by atoms with E-state index in [1.165, 1.54) is 0 Å². The fraction of sp³-hybridized carbons (Fsp3) is 0.476. The number of hydrogen-bond acceptors (Lipinski definition) is 4. The fourth-order valence-electron chi connectivity index (χ4n) is 3.56. The Hall–Kier alpha value is -1.68. The molecular formula is C21H30IN5OS. The molecule has 0 spiro atoms. The van der Waals surface area contributed by atoms with Crippen LogP contribution in [0.3, 0.4) is 0 Å². The van der Waals surface area contributed by atoms with Crippen molar-refractivity contribution in [2.75, 3.05) is 19.4 Å². The predicted molar refractivity (Wildman–Crippen MR) is 131 cm³/mol. The van der Waals surface area contributed by atoms with Crippen LogP contribution in [-0.4, -0.2) is 35.8 Å². The van der Waals surface area contributed by atoms with Crippen molar-refractivity contribution in [3.8, 4) is 0 Å². The first-order valence-electron chi connectivity index (χ1n) is 9.77. The minimum Gasteiger partial charge on any atom is -0.352 e. The first-order valence-corrected chi connectivity index (χ1v) is 10.7. The van der Waals surface area contributed by atoms with Crippen molar-refractivity contribution in [1.29, 1.82) is 0 Å². The van der Waals surface area contributed by atoms with E-state index in [0.29, 0.717) is 13.1 Å². The Morgan fingerprint density at radius 2 is 2.10 bits per heavy atom. The molecule has 1 heterocycles. The number of thiazole rings is 1. The maximum Gasteiger partial charge on any atom is 0.227 e. The van der Waals surface area contributed by atoms with Crippen molar-refractivity contribution in [3.63, 3.8) is 0 Å². The van der Waals surface area contributed by atoms with Gasteiger partial charge < -0.3 is 15.5 Å². The van der Waals surface area contributed by atoms with Gasteiger partial charge in [-0.1, -0.05) is 25.0 Å². The van der Waals surface area contributed by atoms with Crippen LogP contribution >= 0.6 is 35.3 Å². The Bertz CT molecular complexity index is 832. The van der Waals surface area contributed by atoms with E-state index in [1.807, 2.05) is 32.2 Å². The average Bonchev–Trinajstić information content (AvgIpc) is 3.34. The van der Waals surface area contributed by atoms with Crippen molar-refractivity contribution in [1.82, 2.24) is 15.2 Å². The van der Waals surface area contributed by atoms with Gasteiger partial charge in [-0.05, 0) is 37.5 Å². The second-order valence-electron chi connectivity index (χ2n) is 7.29. The lowest BCUT2D eigenvalue weighted by atomic mass is 10.1. The van der Waals surface area contributed by atoms with Crippen LogP contribution in [0.1, 0.15) is 41.9 Å². The molecule has 158 valence electrons. The minimum absolute atomic E-state index is 0. The van der Waals surface area contributed by atoms with Crippen molar-refractivity contribution in [3.05, 3.63) is 45.9 Å². The van der Waals surface area contributed by atoms with E-state index in [-0.39, 0.29) is 35.8 Å². The molecule has 0 radical (unpaired) electrons. The summed E-state index contributed by atoms with van der Waals surface area (Å²) in [4.78, 5) is 23.3. The average molecular weight is 527 g/mol. The van der Waals surface area contributed by atoms with Crippen LogP contribution in [0.2, 0.25) is 0 Å². The summed E-state index contributed by atoms with van der Waals surface area (Å²) in [6, 6.07) is 8.00. The van der Waals surface area contributed by atoms with Crippen LogP contribution in [0, 0.1) is 12.8 Å². The molecule has 1 aliphatic rings. The molecule has 3 rings (SSSR count). The summed E-state index contributed by atoms with van der Waals surface area (Å²) in [5.41, 5.74) is 3.00. The highest BCUT2D eigenvalue weighted by Crippen LogP contribution is 2.26. The summed E-state index contributed by atoms with van der Waals surface area (Å²) in [7, 11) is 3.78. The Morgan fingerprint density at radius 1 is 1.34 bits per heavy atom. The molecule has 2 N–H and O–H groups in total. The van der Waals surface area contributed by atoms with Crippen LogP contribution in [0.15, 0.2) is 34.6 Å². The molecular weight excluding hydrogens is 497 g/mol. The zero-order valence-electron chi connectivity index (χ0n) is 17.3. The van der Waals surface area contributed by atoms with E-state index >= 15 is 0 Å². The Morgan fingerprint density at radius 3 is 2.76 bits per heavy atom. The number of anilines is 1. The third-order valence-corrected chi connectivity index (χ3v) is 5.83. The first kappa shape index (κ1) is 23.6. The third kappa shape index (κ3) is 6.95. The van der Waals surface area contributed by atoms with Gasteiger partial charge >= 0.3 is 0 Å². The number of aromatic nitrogens is 1. The van der Waals surface area contributed by atoms with Crippen LogP contribution in [0.4, 0.5) is 5.69 Å². The molecule has 1 saturated carbocycles. The number of carbonyl (C=O) groups excluding carboxylic acids is 1. The van der Waals surface area contributed by atoms with Gasteiger partial charge in [-0.2, -0.15) is 0 Å². The number of aryl methyl sites for hydroxylation is 1. The number of halogens is 1. The number of nitrogens with zero attached hydrogens (tertiary/aromatic N) is 3. The molecule has 1 fully saturated rings. The molecule has 1 aromatic heterocycles. The van der Waals surface area contributed by atoms with Gasteiger partial charge in [-0.25, -0.2) is 4.98 Å². The minimum atomic E-state index is 0. The summed E-state index contributed by atoms with van der Waals surface area (Å²) in [6.45, 7) is 3.36. The second kappa shape index (κ2) is 11.5. The normalized spacial score (nSPS) is 14.4. The topological polar surface area (TPSA) is 69.6 Å². The Kier molecular flexibility index (Phi) is 9.35. The molecule has 29 heavy (non-hydrogen) atoms. The molecule has 0 atom stereocenters. The van der Waals surface area contributed by atoms with Crippen molar-refractivity contribution in [2.45, 2.75) is 45.7 Å². The van der Waals surface area contributed by atoms with Gasteiger partial charge in [0, 0.05) is 37.6 Å². The van der Waals surface area contributed by atoms with Gasteiger partial charge in [0.1, 0.15) is 0 Å². The van der Waals surface area contributed by atoms with E-state index in [1.54, 1.807) is 18.4 Å². The number of amides is 1. The maximum absolute atomic E-state index is 12.3. The number of nitrogens with one attached hydrogen (secondary N) is 2. The lowest BCUT2D eigenvalue weighted by Gasteiger charge is -2.21. The Labute approximate surface area is 194 Å². The van der Waals surface area contributed by atoms with Crippen molar-refractivity contribution >= 4 is 52.9 Å². The van der Waals surface area contributed by atoms with Crippen LogP contribution in [-0.2, 0) is 17.9 Å². The van der Waals surface area contributed by atoms with Crippen LogP contribution in [0.5, 0.6) is 0 Å². The molecule has 2 aromatic rings. The maximum atomic E-state index is 12.3. The molecule has 0 unspecified atom stereocenters. The summed E-state index contributed by atoms with van der Waals surface area (Å²) in [5, 5.41) is 9.61. The van der Waals surface area contributed by atoms with Crippen molar-refractivity contribution < 1.29 is 4.79 Å². The smallest absolute Gasteiger partial charge is 0.227 e. The van der Waals surface area contributed by atoms with Crippen molar-refractivity contribution in [2.24, 2.45) is 10.9 Å². The zero-order valence-corrected chi connectivity index (χ0v) is 20.4. The number of guanidine groups is 1. The van der Waals surface area contributed by atoms with E-state index in [2.05, 4.69) is 37.0 Å². The molecule has 1 aromatic carbocycles. The van der Waals surface area contributed by atoms with Gasteiger partial charge in [-0.3, -0.25) is 9.79 Å². The van der Waals surface area contributed by atoms with E-state index in [4.69, 9.17) is 0 Å². The first-order chi connectivity index (χ1) is 13.5. The van der Waals surface area contributed by atoms with Gasteiger partial charge in [-0.15, -0.1) is 35.3 Å². The van der Waals surface area contributed by atoms with E-state index < -0.39 is 0 Å². The Balaban J connectivity index is 0.00000300. The highest BCUT2D eigenvalue weighted by Gasteiger charge is 2.22. The van der Waals surface area contributed by atoms with E-state index in [9.17, 15) is 4.79 Å². The summed E-state index contributed by atoms with van der Waals surface area (Å²) < 4.78 is 0. The molecule has 1 aliphatic carbocycles. The lowest BCUT2D eigenvalue weighted by Crippen LogP contribution is -2.38. The molecule has 8 heteroatoms. The zero-order chi connectivity index (χ0) is 19.9. The van der Waals surface area contributed by atoms with Gasteiger partial charge in [0.2, 0.25) is 5.91 Å².